The number of aryl methyl sites for hydroxylation is 2. The fourth-order valence-electron chi connectivity index (χ4n) is 3.62. The van der Waals surface area contributed by atoms with E-state index in [2.05, 4.69) is 24.3 Å². The summed E-state index contributed by atoms with van der Waals surface area (Å²) in [5.41, 5.74) is 2.12. The molecule has 0 aliphatic rings. The third-order valence-electron chi connectivity index (χ3n) is 6.40. The molecule has 0 spiro atoms. The second-order valence-electron chi connectivity index (χ2n) is 9.87. The maximum absolute atomic E-state index is 11.6. The molecule has 0 heterocycles. The molecular weight excluding hydrogens is 360 g/mol. The number of carboxylic acids is 1. The second-order valence-corrected chi connectivity index (χ2v) is 9.87. The van der Waals surface area contributed by atoms with E-state index < -0.39 is 11.4 Å². The standard InChI is InChI=1S/C26H42O3/c1-21(27)25(2,3)19-13-7-6-9-15-22-17-11-12-18-23(22)16-10-8-14-20-26(4,5)24(28)29/h11-12,17-18H,6-10,13-16,19-20H2,1-5H3,(H,28,29). The van der Waals surface area contributed by atoms with Gasteiger partial charge >= 0.3 is 5.97 Å². The highest BCUT2D eigenvalue weighted by molar-refractivity contribution is 5.81. The summed E-state index contributed by atoms with van der Waals surface area (Å²) in [6.45, 7) is 9.42. The molecule has 0 bridgehead atoms. The van der Waals surface area contributed by atoms with Crippen LogP contribution in [0.2, 0.25) is 0 Å². The molecule has 0 aliphatic carbocycles. The van der Waals surface area contributed by atoms with Crippen LogP contribution in [0, 0.1) is 10.8 Å². The van der Waals surface area contributed by atoms with E-state index in [1.54, 1.807) is 6.92 Å². The van der Waals surface area contributed by atoms with E-state index in [0.717, 1.165) is 51.4 Å². The summed E-state index contributed by atoms with van der Waals surface area (Å²) in [6.07, 6.45) is 11.8. The highest BCUT2D eigenvalue weighted by Gasteiger charge is 2.26. The van der Waals surface area contributed by atoms with Gasteiger partial charge in [-0.15, -0.1) is 0 Å². The molecule has 0 amide bonds. The van der Waals surface area contributed by atoms with E-state index in [1.165, 1.54) is 30.4 Å². The van der Waals surface area contributed by atoms with Crippen LogP contribution in [-0.4, -0.2) is 16.9 Å². The number of ketones is 1. The molecule has 164 valence electrons. The fraction of sp³-hybridized carbons (Fsp3) is 0.692. The van der Waals surface area contributed by atoms with Crippen LogP contribution in [0.25, 0.3) is 0 Å². The summed E-state index contributed by atoms with van der Waals surface area (Å²) in [7, 11) is 0. The molecule has 0 unspecified atom stereocenters. The maximum atomic E-state index is 11.6. The van der Waals surface area contributed by atoms with Gasteiger partial charge in [0.05, 0.1) is 5.41 Å². The van der Waals surface area contributed by atoms with Crippen LogP contribution in [0.5, 0.6) is 0 Å². The van der Waals surface area contributed by atoms with Crippen molar-refractivity contribution < 1.29 is 14.7 Å². The normalized spacial score (nSPS) is 12.2. The Kier molecular flexibility index (Phi) is 10.6. The van der Waals surface area contributed by atoms with Crippen LogP contribution in [0.3, 0.4) is 0 Å². The highest BCUT2D eigenvalue weighted by Crippen LogP contribution is 2.26. The smallest absolute Gasteiger partial charge is 0.309 e. The van der Waals surface area contributed by atoms with Crippen molar-refractivity contribution in [3.8, 4) is 0 Å². The quantitative estimate of drug-likeness (QED) is 0.321. The number of Topliss-reactive ketones (excluding diaryl/α,β-unsaturated/α-hetero) is 1. The lowest BCUT2D eigenvalue weighted by Crippen LogP contribution is -2.23. The molecule has 1 N–H and O–H groups in total. The minimum Gasteiger partial charge on any atom is -0.481 e. The topological polar surface area (TPSA) is 54.4 Å². The first-order valence-electron chi connectivity index (χ1n) is 11.4. The third-order valence-corrected chi connectivity index (χ3v) is 6.40. The Morgan fingerprint density at radius 3 is 1.59 bits per heavy atom. The maximum Gasteiger partial charge on any atom is 0.309 e. The number of aliphatic carboxylic acids is 1. The van der Waals surface area contributed by atoms with Crippen molar-refractivity contribution in [3.05, 3.63) is 35.4 Å². The number of hydrogen-bond donors (Lipinski definition) is 1. The summed E-state index contributed by atoms with van der Waals surface area (Å²) in [6, 6.07) is 8.74. The molecule has 0 saturated carbocycles. The van der Waals surface area contributed by atoms with E-state index in [4.69, 9.17) is 0 Å². The molecule has 0 atom stereocenters. The lowest BCUT2D eigenvalue weighted by Gasteiger charge is -2.20. The summed E-state index contributed by atoms with van der Waals surface area (Å²) in [5.74, 6) is -0.411. The van der Waals surface area contributed by atoms with Gasteiger partial charge in [0.2, 0.25) is 0 Å². The number of unbranched alkanes of at least 4 members (excludes halogenated alkanes) is 5. The minimum atomic E-state index is -0.701. The molecule has 1 rings (SSSR count). The zero-order valence-electron chi connectivity index (χ0n) is 19.4. The van der Waals surface area contributed by atoms with Gasteiger partial charge in [0.15, 0.2) is 0 Å². The van der Waals surface area contributed by atoms with Crippen LogP contribution < -0.4 is 0 Å². The number of rotatable bonds is 15. The Hall–Kier alpha value is -1.64. The summed E-state index contributed by atoms with van der Waals surface area (Å²) in [5, 5.41) is 9.20. The first-order valence-corrected chi connectivity index (χ1v) is 11.4. The van der Waals surface area contributed by atoms with Crippen molar-refractivity contribution in [1.29, 1.82) is 0 Å². The number of carbonyl (C=O) groups excluding carboxylic acids is 1. The van der Waals surface area contributed by atoms with Gasteiger partial charge in [-0.3, -0.25) is 9.59 Å². The van der Waals surface area contributed by atoms with Gasteiger partial charge in [0.1, 0.15) is 5.78 Å². The van der Waals surface area contributed by atoms with Gasteiger partial charge in [-0.05, 0) is 70.4 Å². The zero-order chi connectivity index (χ0) is 21.9. The molecule has 29 heavy (non-hydrogen) atoms. The van der Waals surface area contributed by atoms with Crippen molar-refractivity contribution in [1.82, 2.24) is 0 Å². The predicted molar refractivity (Wildman–Crippen MR) is 121 cm³/mol. The van der Waals surface area contributed by atoms with Crippen molar-refractivity contribution in [2.45, 2.75) is 105 Å². The molecular formula is C26H42O3. The Balaban J connectivity index is 2.30. The van der Waals surface area contributed by atoms with Gasteiger partial charge in [0, 0.05) is 5.41 Å². The van der Waals surface area contributed by atoms with Gasteiger partial charge in [-0.1, -0.05) is 70.2 Å². The van der Waals surface area contributed by atoms with Gasteiger partial charge in [-0.2, -0.15) is 0 Å². The first kappa shape index (κ1) is 25.4. The van der Waals surface area contributed by atoms with E-state index in [-0.39, 0.29) is 11.2 Å². The molecule has 3 heteroatoms. The van der Waals surface area contributed by atoms with Gasteiger partial charge in [0.25, 0.3) is 0 Å². The Bertz CT molecular complexity index is 643. The third kappa shape index (κ3) is 9.60. The van der Waals surface area contributed by atoms with E-state index in [1.807, 2.05) is 27.7 Å². The zero-order valence-corrected chi connectivity index (χ0v) is 19.4. The Morgan fingerprint density at radius 1 is 0.724 bits per heavy atom. The molecule has 0 saturated heterocycles. The number of carboxylic acid groups (broad SMARTS) is 1. The lowest BCUT2D eigenvalue weighted by atomic mass is 9.83. The van der Waals surface area contributed by atoms with Crippen LogP contribution >= 0.6 is 0 Å². The largest absolute Gasteiger partial charge is 0.481 e. The fourth-order valence-corrected chi connectivity index (χ4v) is 3.62. The predicted octanol–water partition coefficient (Wildman–Crippen LogP) is 7.01. The van der Waals surface area contributed by atoms with Gasteiger partial charge < -0.3 is 5.11 Å². The molecule has 1 aromatic carbocycles. The number of hydrogen-bond acceptors (Lipinski definition) is 2. The monoisotopic (exact) mass is 402 g/mol. The summed E-state index contributed by atoms with van der Waals surface area (Å²) < 4.78 is 0. The Labute approximate surface area is 178 Å². The van der Waals surface area contributed by atoms with E-state index >= 15 is 0 Å². The van der Waals surface area contributed by atoms with Crippen molar-refractivity contribution in [2.75, 3.05) is 0 Å². The molecule has 0 fully saturated rings. The Morgan fingerprint density at radius 2 is 1.14 bits per heavy atom. The van der Waals surface area contributed by atoms with Crippen molar-refractivity contribution in [3.63, 3.8) is 0 Å². The van der Waals surface area contributed by atoms with E-state index in [9.17, 15) is 14.7 Å². The van der Waals surface area contributed by atoms with Crippen LogP contribution in [0.1, 0.15) is 104 Å². The highest BCUT2D eigenvalue weighted by atomic mass is 16.4. The SMILES string of the molecule is CC(=O)C(C)(C)CCCCCCc1ccccc1CCCCCC(C)(C)C(=O)O. The molecule has 0 aliphatic heterocycles. The molecule has 1 aromatic rings. The van der Waals surface area contributed by atoms with Crippen LogP contribution in [0.4, 0.5) is 0 Å². The van der Waals surface area contributed by atoms with Crippen LogP contribution in [-0.2, 0) is 22.4 Å². The average Bonchev–Trinajstić information content (AvgIpc) is 2.64. The van der Waals surface area contributed by atoms with Crippen LogP contribution in [0.15, 0.2) is 24.3 Å². The summed E-state index contributed by atoms with van der Waals surface area (Å²) in [4.78, 5) is 22.8. The lowest BCUT2D eigenvalue weighted by molar-refractivity contribution is -0.147. The van der Waals surface area contributed by atoms with Gasteiger partial charge in [-0.25, -0.2) is 0 Å². The summed E-state index contributed by atoms with van der Waals surface area (Å²) >= 11 is 0. The van der Waals surface area contributed by atoms with Crippen molar-refractivity contribution >= 4 is 11.8 Å². The molecule has 0 aromatic heterocycles. The number of carbonyl (C=O) groups is 2. The average molecular weight is 403 g/mol. The molecule has 3 nitrogen and oxygen atoms in total. The molecule has 0 radical (unpaired) electrons. The number of benzene rings is 1. The van der Waals surface area contributed by atoms with E-state index in [0.29, 0.717) is 0 Å². The first-order chi connectivity index (χ1) is 13.6. The minimum absolute atomic E-state index is 0.174. The second kappa shape index (κ2) is 12.1. The van der Waals surface area contributed by atoms with Crippen molar-refractivity contribution in [2.24, 2.45) is 10.8 Å².